The highest BCUT2D eigenvalue weighted by Crippen LogP contribution is 2.39. The van der Waals surface area contributed by atoms with Crippen LogP contribution in [-0.4, -0.2) is 66.4 Å². The molecule has 1 fully saturated rings. The van der Waals surface area contributed by atoms with E-state index in [4.69, 9.17) is 14.5 Å². The summed E-state index contributed by atoms with van der Waals surface area (Å²) in [5.41, 5.74) is 2.45. The van der Waals surface area contributed by atoms with Crippen molar-refractivity contribution in [2.75, 3.05) is 38.7 Å². The van der Waals surface area contributed by atoms with E-state index >= 15 is 0 Å². The fraction of sp³-hybridized carbons (Fsp3) is 0.593. The van der Waals surface area contributed by atoms with E-state index in [1.165, 1.54) is 11.3 Å². The number of hydrogen-bond acceptors (Lipinski definition) is 8. The largest absolute Gasteiger partial charge is 0.462 e. The number of esters is 1. The molecule has 4 rings (SSSR count). The molecule has 1 aliphatic heterocycles. The number of thiazole rings is 1. The van der Waals surface area contributed by atoms with Crippen molar-refractivity contribution in [3.63, 3.8) is 0 Å². The van der Waals surface area contributed by atoms with Crippen LogP contribution in [0, 0.1) is 5.92 Å². The summed E-state index contributed by atoms with van der Waals surface area (Å²) in [6.07, 6.45) is 3.40. The van der Waals surface area contributed by atoms with Crippen LogP contribution >= 0.6 is 11.3 Å². The summed E-state index contributed by atoms with van der Waals surface area (Å²) in [6.45, 7) is 6.95. The number of nitrogens with zero attached hydrogens (tertiary/aromatic N) is 3. The lowest BCUT2D eigenvalue weighted by atomic mass is 9.99. The molecule has 196 valence electrons. The van der Waals surface area contributed by atoms with Gasteiger partial charge in [-0.2, -0.15) is 0 Å². The molecule has 2 unspecified atom stereocenters. The van der Waals surface area contributed by atoms with Gasteiger partial charge in [-0.1, -0.05) is 0 Å². The maximum Gasteiger partial charge on any atom is 0.410 e. The Bertz CT molecular complexity index is 1110. The number of aliphatic hydroxyl groups excluding tert-OH is 1. The molecule has 1 aromatic heterocycles. The van der Waals surface area contributed by atoms with Crippen LogP contribution in [0.25, 0.3) is 10.6 Å². The molecule has 1 aromatic carbocycles. The molecule has 1 aliphatic carbocycles. The van der Waals surface area contributed by atoms with E-state index in [0.717, 1.165) is 58.9 Å². The molecule has 9 heteroatoms. The van der Waals surface area contributed by atoms with Crippen LogP contribution in [0.15, 0.2) is 18.2 Å². The zero-order valence-corrected chi connectivity index (χ0v) is 22.7. The van der Waals surface area contributed by atoms with E-state index in [0.29, 0.717) is 18.7 Å². The third-order valence-corrected chi connectivity index (χ3v) is 7.74. The highest BCUT2D eigenvalue weighted by atomic mass is 32.1. The highest BCUT2D eigenvalue weighted by molar-refractivity contribution is 7.15. The van der Waals surface area contributed by atoms with E-state index in [-0.39, 0.29) is 18.6 Å². The number of ether oxygens (including phenoxy) is 2. The van der Waals surface area contributed by atoms with Crippen molar-refractivity contribution in [3.05, 3.63) is 34.3 Å². The first-order valence-electron chi connectivity index (χ1n) is 12.7. The number of fused-ring (bicyclic) bond motifs is 1. The quantitative estimate of drug-likeness (QED) is 0.557. The second kappa shape index (κ2) is 10.8. The minimum atomic E-state index is -0.546. The van der Waals surface area contributed by atoms with E-state index in [2.05, 4.69) is 0 Å². The predicted molar refractivity (Wildman–Crippen MR) is 141 cm³/mol. The number of benzene rings is 1. The zero-order valence-electron chi connectivity index (χ0n) is 21.9. The summed E-state index contributed by atoms with van der Waals surface area (Å²) in [7, 11) is 3.85. The predicted octanol–water partition coefficient (Wildman–Crippen LogP) is 5.05. The Morgan fingerprint density at radius 2 is 2.00 bits per heavy atom. The van der Waals surface area contributed by atoms with Crippen molar-refractivity contribution in [3.8, 4) is 10.6 Å². The number of likely N-dealkylation sites (tertiary alicyclic amines) is 1. The number of rotatable bonds is 5. The van der Waals surface area contributed by atoms with E-state index in [1.807, 2.05) is 58.0 Å². The lowest BCUT2D eigenvalue weighted by molar-refractivity contribution is 0.00887. The van der Waals surface area contributed by atoms with Crippen molar-refractivity contribution in [1.82, 2.24) is 9.88 Å². The second-order valence-corrected chi connectivity index (χ2v) is 11.9. The summed E-state index contributed by atoms with van der Waals surface area (Å²) < 4.78 is 11.3. The fourth-order valence-corrected chi connectivity index (χ4v) is 5.81. The summed E-state index contributed by atoms with van der Waals surface area (Å²) >= 11 is 1.46. The first kappa shape index (κ1) is 26.4. The lowest BCUT2D eigenvalue weighted by Gasteiger charge is -2.33. The first-order valence-corrected chi connectivity index (χ1v) is 13.5. The van der Waals surface area contributed by atoms with Gasteiger partial charge in [0.2, 0.25) is 0 Å². The number of piperidine rings is 1. The number of aromatic nitrogens is 1. The van der Waals surface area contributed by atoms with E-state index in [9.17, 15) is 14.7 Å². The number of anilines is 1. The smallest absolute Gasteiger partial charge is 0.410 e. The topological polar surface area (TPSA) is 92.2 Å². The van der Waals surface area contributed by atoms with Crippen LogP contribution in [0.2, 0.25) is 0 Å². The van der Waals surface area contributed by atoms with Gasteiger partial charge < -0.3 is 24.4 Å². The normalized spacial score (nSPS) is 20.0. The molecular weight excluding hydrogens is 478 g/mol. The Balaban J connectivity index is 1.50. The summed E-state index contributed by atoms with van der Waals surface area (Å²) in [5, 5.41) is 11.1. The van der Waals surface area contributed by atoms with Crippen molar-refractivity contribution in [2.24, 2.45) is 5.92 Å². The van der Waals surface area contributed by atoms with Gasteiger partial charge in [-0.25, -0.2) is 14.6 Å². The van der Waals surface area contributed by atoms with Crippen LogP contribution in [0.4, 0.5) is 10.5 Å². The molecule has 1 saturated heterocycles. The summed E-state index contributed by atoms with van der Waals surface area (Å²) in [5.74, 6) is -0.352. The molecule has 0 saturated carbocycles. The average Bonchev–Trinajstić information content (AvgIpc) is 3.27. The SMILES string of the molecule is CN(C)c1ccc(-c2nc3c(s2)C(O)CCC3)c(C(=O)OCC2CCCN(C(=O)OC(C)(C)C)C2)c1. The maximum atomic E-state index is 13.3. The summed E-state index contributed by atoms with van der Waals surface area (Å²) in [6, 6.07) is 5.71. The molecule has 2 aliphatic rings. The molecule has 0 spiro atoms. The van der Waals surface area contributed by atoms with Gasteiger partial charge in [-0.15, -0.1) is 11.3 Å². The Morgan fingerprint density at radius 3 is 2.69 bits per heavy atom. The van der Waals surface area contributed by atoms with Crippen LogP contribution in [0.3, 0.4) is 0 Å². The van der Waals surface area contributed by atoms with Crippen LogP contribution in [0.1, 0.15) is 73.5 Å². The van der Waals surface area contributed by atoms with Crippen LogP contribution in [-0.2, 0) is 15.9 Å². The van der Waals surface area contributed by atoms with Gasteiger partial charge in [0.05, 0.1) is 28.8 Å². The van der Waals surface area contributed by atoms with E-state index in [1.54, 1.807) is 4.90 Å². The number of aliphatic hydroxyl groups is 1. The van der Waals surface area contributed by atoms with Gasteiger partial charge in [0.1, 0.15) is 10.6 Å². The standard InChI is InChI=1S/C27H37N3O5S/c1-27(2,3)35-26(33)30-13-7-8-17(15-30)16-34-25(32)20-14-18(29(4)5)11-12-19(20)24-28-21-9-6-10-22(31)23(21)36-24/h11-12,14,17,22,31H,6-10,13,15-16H2,1-5H3. The Labute approximate surface area is 217 Å². The fourth-order valence-electron chi connectivity index (χ4n) is 4.64. The number of hydrogen-bond donors (Lipinski definition) is 1. The highest BCUT2D eigenvalue weighted by Gasteiger charge is 2.29. The van der Waals surface area contributed by atoms with Gasteiger partial charge in [-0.3, -0.25) is 0 Å². The van der Waals surface area contributed by atoms with Gasteiger partial charge >= 0.3 is 12.1 Å². The molecule has 2 heterocycles. The van der Waals surface area contributed by atoms with Gasteiger partial charge in [-0.05, 0) is 71.1 Å². The lowest BCUT2D eigenvalue weighted by Crippen LogP contribution is -2.44. The molecule has 8 nitrogen and oxygen atoms in total. The molecule has 2 atom stereocenters. The number of amides is 1. The van der Waals surface area contributed by atoms with Gasteiger partial charge in [0.25, 0.3) is 0 Å². The molecular formula is C27H37N3O5S. The third kappa shape index (κ3) is 6.18. The van der Waals surface area contributed by atoms with Crippen molar-refractivity contribution < 1.29 is 24.2 Å². The molecule has 1 N–H and O–H groups in total. The maximum absolute atomic E-state index is 13.3. The van der Waals surface area contributed by atoms with Crippen LogP contribution in [0.5, 0.6) is 0 Å². The van der Waals surface area contributed by atoms with Gasteiger partial charge in [0.15, 0.2) is 0 Å². The number of carbonyl (C=O) groups excluding carboxylic acids is 2. The molecule has 2 aromatic rings. The van der Waals surface area contributed by atoms with Crippen molar-refractivity contribution in [1.29, 1.82) is 0 Å². The molecule has 0 bridgehead atoms. The average molecular weight is 516 g/mol. The van der Waals surface area contributed by atoms with Crippen LogP contribution < -0.4 is 4.90 Å². The Kier molecular flexibility index (Phi) is 7.90. The number of carbonyl (C=O) groups is 2. The first-order chi connectivity index (χ1) is 17.0. The molecule has 1 amide bonds. The molecule has 36 heavy (non-hydrogen) atoms. The Morgan fingerprint density at radius 1 is 1.22 bits per heavy atom. The minimum absolute atomic E-state index is 0.0537. The minimum Gasteiger partial charge on any atom is -0.462 e. The number of aryl methyl sites for hydroxylation is 1. The van der Waals surface area contributed by atoms with Crippen molar-refractivity contribution in [2.45, 2.75) is 64.6 Å². The summed E-state index contributed by atoms with van der Waals surface area (Å²) in [4.78, 5) is 35.2. The third-order valence-electron chi connectivity index (χ3n) is 6.51. The second-order valence-electron chi connectivity index (χ2n) is 10.9. The molecule has 0 radical (unpaired) electrons. The monoisotopic (exact) mass is 515 g/mol. The van der Waals surface area contributed by atoms with Crippen molar-refractivity contribution >= 4 is 29.1 Å². The Hall–Kier alpha value is -2.65. The van der Waals surface area contributed by atoms with Gasteiger partial charge in [0, 0.05) is 44.4 Å². The van der Waals surface area contributed by atoms with E-state index < -0.39 is 17.7 Å². The zero-order chi connectivity index (χ0) is 26.0.